The summed E-state index contributed by atoms with van der Waals surface area (Å²) in [5.41, 5.74) is 1.17. The Kier molecular flexibility index (Phi) is 2.20. The molecule has 1 aliphatic carbocycles. The number of aldehydes is 1. The van der Waals surface area contributed by atoms with Crippen LogP contribution in [0.25, 0.3) is 0 Å². The van der Waals surface area contributed by atoms with E-state index in [1.54, 1.807) is 11.3 Å². The molecule has 70 valence electrons. The minimum atomic E-state index is 0.588. The molecule has 0 radical (unpaired) electrons. The fourth-order valence-corrected chi connectivity index (χ4v) is 3.06. The summed E-state index contributed by atoms with van der Waals surface area (Å²) >= 11 is 1.57. The summed E-state index contributed by atoms with van der Waals surface area (Å²) in [6.07, 6.45) is 3.14. The van der Waals surface area contributed by atoms with Crippen molar-refractivity contribution in [3.05, 3.63) is 15.6 Å². The average molecular weight is 195 g/mol. The monoisotopic (exact) mass is 195 g/mol. The Morgan fingerprint density at radius 2 is 2.31 bits per heavy atom. The Bertz CT molecular complexity index is 332. The minimum Gasteiger partial charge on any atom is -0.295 e. The van der Waals surface area contributed by atoms with Gasteiger partial charge in [-0.3, -0.25) is 4.79 Å². The van der Waals surface area contributed by atoms with Gasteiger partial charge in [-0.05, 0) is 24.7 Å². The minimum absolute atomic E-state index is 0.588. The Hall–Kier alpha value is -0.700. The zero-order valence-corrected chi connectivity index (χ0v) is 8.73. The van der Waals surface area contributed by atoms with Crippen LogP contribution in [-0.4, -0.2) is 11.3 Å². The predicted molar refractivity (Wildman–Crippen MR) is 53.4 cm³/mol. The molecule has 2 unspecified atom stereocenters. The molecule has 2 nitrogen and oxygen atoms in total. The molecular formula is C10H13NOS. The van der Waals surface area contributed by atoms with Gasteiger partial charge in [0, 0.05) is 4.88 Å². The first-order valence-corrected chi connectivity index (χ1v) is 5.47. The lowest BCUT2D eigenvalue weighted by Gasteiger charge is -2.22. The van der Waals surface area contributed by atoms with E-state index in [4.69, 9.17) is 0 Å². The number of thiazole rings is 1. The van der Waals surface area contributed by atoms with Crippen LogP contribution in [-0.2, 0) is 6.42 Å². The molecule has 0 saturated carbocycles. The van der Waals surface area contributed by atoms with Gasteiger partial charge >= 0.3 is 0 Å². The van der Waals surface area contributed by atoms with E-state index in [2.05, 4.69) is 18.8 Å². The van der Waals surface area contributed by atoms with Crippen LogP contribution in [0.15, 0.2) is 0 Å². The van der Waals surface area contributed by atoms with Gasteiger partial charge in [0.05, 0.1) is 5.69 Å². The lowest BCUT2D eigenvalue weighted by molar-refractivity contribution is 0.112. The molecule has 3 heteroatoms. The first kappa shape index (κ1) is 8.88. The first-order chi connectivity index (χ1) is 6.20. The molecule has 1 aliphatic rings. The molecule has 0 bridgehead atoms. The van der Waals surface area contributed by atoms with Gasteiger partial charge in [-0.25, -0.2) is 4.98 Å². The van der Waals surface area contributed by atoms with Gasteiger partial charge < -0.3 is 0 Å². The molecule has 1 aromatic rings. The number of fused-ring (bicyclic) bond motifs is 1. The van der Waals surface area contributed by atoms with Crippen molar-refractivity contribution in [3.8, 4) is 0 Å². The van der Waals surface area contributed by atoms with E-state index < -0.39 is 0 Å². The topological polar surface area (TPSA) is 30.0 Å². The van der Waals surface area contributed by atoms with E-state index in [1.807, 2.05) is 0 Å². The fraction of sp³-hybridized carbons (Fsp3) is 0.600. The van der Waals surface area contributed by atoms with E-state index in [0.717, 1.165) is 12.7 Å². The van der Waals surface area contributed by atoms with Crippen LogP contribution in [0, 0.1) is 5.92 Å². The van der Waals surface area contributed by atoms with Gasteiger partial charge in [0.15, 0.2) is 11.3 Å². The molecular weight excluding hydrogens is 182 g/mol. The molecule has 0 amide bonds. The van der Waals surface area contributed by atoms with Gasteiger partial charge in [0.2, 0.25) is 0 Å². The summed E-state index contributed by atoms with van der Waals surface area (Å²) in [4.78, 5) is 16.2. The Balaban J connectivity index is 2.40. The first-order valence-electron chi connectivity index (χ1n) is 4.65. The van der Waals surface area contributed by atoms with Gasteiger partial charge in [0.25, 0.3) is 0 Å². The molecule has 0 aliphatic heterocycles. The third-order valence-corrected chi connectivity index (χ3v) is 3.84. The van der Waals surface area contributed by atoms with Crippen molar-refractivity contribution in [2.45, 2.75) is 32.6 Å². The smallest absolute Gasteiger partial charge is 0.178 e. The van der Waals surface area contributed by atoms with Crippen LogP contribution in [0.1, 0.15) is 46.6 Å². The molecule has 0 aromatic carbocycles. The van der Waals surface area contributed by atoms with Gasteiger partial charge in [-0.2, -0.15) is 0 Å². The summed E-state index contributed by atoms with van der Waals surface area (Å²) in [5.74, 6) is 1.30. The number of carbonyl (C=O) groups excluding carboxylic acids is 1. The zero-order valence-electron chi connectivity index (χ0n) is 7.91. The van der Waals surface area contributed by atoms with E-state index in [9.17, 15) is 4.79 Å². The number of carbonyl (C=O) groups is 1. The Morgan fingerprint density at radius 1 is 1.54 bits per heavy atom. The Morgan fingerprint density at radius 3 is 3.00 bits per heavy atom. The molecule has 0 fully saturated rings. The van der Waals surface area contributed by atoms with Crippen LogP contribution in [0.2, 0.25) is 0 Å². The predicted octanol–water partition coefficient (Wildman–Crippen LogP) is 2.64. The fourth-order valence-electron chi connectivity index (χ4n) is 2.09. The highest BCUT2D eigenvalue weighted by Crippen LogP contribution is 2.37. The van der Waals surface area contributed by atoms with Crippen molar-refractivity contribution in [2.75, 3.05) is 0 Å². The number of aromatic nitrogens is 1. The standard InChI is InChI=1S/C10H13NOS/c1-6-3-7(2)10-8(4-6)11-9(5-12)13-10/h5-7H,3-4H2,1-2H3. The number of hydrogen-bond donors (Lipinski definition) is 0. The SMILES string of the molecule is CC1Cc2nc(C=O)sc2C(C)C1. The molecule has 13 heavy (non-hydrogen) atoms. The van der Waals surface area contributed by atoms with Crippen LogP contribution in [0.5, 0.6) is 0 Å². The second-order valence-electron chi connectivity index (χ2n) is 3.93. The van der Waals surface area contributed by atoms with Gasteiger partial charge in [-0.15, -0.1) is 11.3 Å². The summed E-state index contributed by atoms with van der Waals surface area (Å²) in [6, 6.07) is 0. The third kappa shape index (κ3) is 1.53. The number of rotatable bonds is 1. The summed E-state index contributed by atoms with van der Waals surface area (Å²) in [6.45, 7) is 4.47. The highest BCUT2D eigenvalue weighted by Gasteiger charge is 2.25. The van der Waals surface area contributed by atoms with E-state index in [1.165, 1.54) is 17.0 Å². The van der Waals surface area contributed by atoms with Crippen molar-refractivity contribution < 1.29 is 4.79 Å². The quantitative estimate of drug-likeness (QED) is 0.645. The van der Waals surface area contributed by atoms with Crippen molar-refractivity contribution in [1.82, 2.24) is 4.98 Å². The summed E-state index contributed by atoms with van der Waals surface area (Å²) in [7, 11) is 0. The second-order valence-corrected chi connectivity index (χ2v) is 4.99. The molecule has 0 N–H and O–H groups in total. The maximum atomic E-state index is 10.6. The summed E-state index contributed by atoms with van der Waals surface area (Å²) < 4.78 is 0. The molecule has 0 spiro atoms. The molecule has 2 rings (SSSR count). The second kappa shape index (κ2) is 3.22. The highest BCUT2D eigenvalue weighted by molar-refractivity contribution is 7.13. The molecule has 0 saturated heterocycles. The maximum Gasteiger partial charge on any atom is 0.178 e. The lowest BCUT2D eigenvalue weighted by Crippen LogP contribution is -2.12. The van der Waals surface area contributed by atoms with E-state index in [-0.39, 0.29) is 0 Å². The highest BCUT2D eigenvalue weighted by atomic mass is 32.1. The van der Waals surface area contributed by atoms with Crippen LogP contribution < -0.4 is 0 Å². The van der Waals surface area contributed by atoms with Crippen LogP contribution >= 0.6 is 11.3 Å². The van der Waals surface area contributed by atoms with Crippen molar-refractivity contribution in [3.63, 3.8) is 0 Å². The largest absolute Gasteiger partial charge is 0.295 e. The molecule has 1 aromatic heterocycles. The maximum absolute atomic E-state index is 10.6. The third-order valence-electron chi connectivity index (χ3n) is 2.59. The van der Waals surface area contributed by atoms with Crippen LogP contribution in [0.4, 0.5) is 0 Å². The van der Waals surface area contributed by atoms with Gasteiger partial charge in [-0.1, -0.05) is 13.8 Å². The summed E-state index contributed by atoms with van der Waals surface area (Å²) in [5, 5.41) is 0.644. The molecule has 1 heterocycles. The number of hydrogen-bond acceptors (Lipinski definition) is 3. The van der Waals surface area contributed by atoms with E-state index >= 15 is 0 Å². The number of nitrogens with zero attached hydrogens (tertiary/aromatic N) is 1. The normalized spacial score (nSPS) is 26.9. The lowest BCUT2D eigenvalue weighted by atomic mass is 9.86. The van der Waals surface area contributed by atoms with E-state index in [0.29, 0.717) is 16.8 Å². The van der Waals surface area contributed by atoms with Crippen LogP contribution in [0.3, 0.4) is 0 Å². The van der Waals surface area contributed by atoms with Gasteiger partial charge in [0.1, 0.15) is 0 Å². The van der Waals surface area contributed by atoms with Crippen molar-refractivity contribution >= 4 is 17.6 Å². The Labute approximate surface area is 82.0 Å². The average Bonchev–Trinajstić information content (AvgIpc) is 2.47. The molecule has 2 atom stereocenters. The van der Waals surface area contributed by atoms with Crippen molar-refractivity contribution in [2.24, 2.45) is 5.92 Å². The zero-order chi connectivity index (χ0) is 9.42. The van der Waals surface area contributed by atoms with Crippen molar-refractivity contribution in [1.29, 1.82) is 0 Å².